The van der Waals surface area contributed by atoms with Gasteiger partial charge < -0.3 is 5.73 Å². The van der Waals surface area contributed by atoms with Gasteiger partial charge in [0.15, 0.2) is 0 Å². The summed E-state index contributed by atoms with van der Waals surface area (Å²) in [6.07, 6.45) is 0. The van der Waals surface area contributed by atoms with Crippen molar-refractivity contribution < 1.29 is 0 Å². The van der Waals surface area contributed by atoms with E-state index < -0.39 is 0 Å². The Bertz CT molecular complexity index is 434. The fourth-order valence-corrected chi connectivity index (χ4v) is 2.81. The molecule has 2 rings (SSSR count). The predicted octanol–water partition coefficient (Wildman–Crippen LogP) is 4.03. The number of benzene rings is 1. The molecule has 14 heavy (non-hydrogen) atoms. The number of thiophene rings is 1. The molecule has 0 aliphatic rings. The fourth-order valence-electron chi connectivity index (χ4n) is 1.68. The minimum atomic E-state index is 0. The Kier molecular flexibility index (Phi) is 3.40. The molecule has 0 spiro atoms. The summed E-state index contributed by atoms with van der Waals surface area (Å²) in [5.74, 6) is 0.510. The quantitative estimate of drug-likeness (QED) is 0.782. The normalized spacial score (nSPS) is 10.5. The molecule has 0 bridgehead atoms. The first-order valence-electron chi connectivity index (χ1n) is 4.47. The van der Waals surface area contributed by atoms with E-state index in [2.05, 4.69) is 38.1 Å². The monoisotopic (exact) mass is 227 g/mol. The second-order valence-corrected chi connectivity index (χ2v) is 4.61. The van der Waals surface area contributed by atoms with Gasteiger partial charge >= 0.3 is 0 Å². The van der Waals surface area contributed by atoms with Crippen molar-refractivity contribution >= 4 is 38.8 Å². The molecular weight excluding hydrogens is 214 g/mol. The number of nitrogen functional groups attached to an aromatic ring is 1. The largest absolute Gasteiger partial charge is 0.390 e. The van der Waals surface area contributed by atoms with E-state index >= 15 is 0 Å². The van der Waals surface area contributed by atoms with Crippen LogP contribution in [0.15, 0.2) is 24.3 Å². The van der Waals surface area contributed by atoms with Crippen LogP contribution in [0.2, 0.25) is 0 Å². The standard InChI is InChI=1S/C11H13NS.ClH/c1-7(2)10-8-5-3-4-6-9(8)13-11(10)12;/h3-7H,12H2,1-2H3;1H. The highest BCUT2D eigenvalue weighted by Gasteiger charge is 2.11. The summed E-state index contributed by atoms with van der Waals surface area (Å²) < 4.78 is 1.30. The third-order valence-corrected chi connectivity index (χ3v) is 3.26. The average Bonchev–Trinajstić information content (AvgIpc) is 2.39. The lowest BCUT2D eigenvalue weighted by molar-refractivity contribution is 0.883. The molecule has 1 aromatic heterocycles. The number of nitrogens with two attached hydrogens (primary N) is 1. The van der Waals surface area contributed by atoms with Crippen LogP contribution in [-0.4, -0.2) is 0 Å². The van der Waals surface area contributed by atoms with Gasteiger partial charge in [-0.2, -0.15) is 0 Å². The molecule has 0 aliphatic carbocycles. The highest BCUT2D eigenvalue weighted by atomic mass is 35.5. The van der Waals surface area contributed by atoms with Gasteiger partial charge in [0.25, 0.3) is 0 Å². The van der Waals surface area contributed by atoms with E-state index in [4.69, 9.17) is 5.73 Å². The zero-order valence-electron chi connectivity index (χ0n) is 8.28. The van der Waals surface area contributed by atoms with Crippen LogP contribution in [0.1, 0.15) is 25.3 Å². The van der Waals surface area contributed by atoms with Crippen LogP contribution in [0, 0.1) is 0 Å². The molecule has 76 valence electrons. The van der Waals surface area contributed by atoms with Crippen LogP contribution in [0.4, 0.5) is 5.00 Å². The van der Waals surface area contributed by atoms with Crippen LogP contribution in [0.25, 0.3) is 10.1 Å². The number of fused-ring (bicyclic) bond motifs is 1. The van der Waals surface area contributed by atoms with Crippen molar-refractivity contribution in [1.29, 1.82) is 0 Å². The molecule has 1 heterocycles. The summed E-state index contributed by atoms with van der Waals surface area (Å²) in [6.45, 7) is 4.37. The van der Waals surface area contributed by atoms with Gasteiger partial charge in [-0.1, -0.05) is 32.0 Å². The van der Waals surface area contributed by atoms with E-state index in [0.717, 1.165) is 5.00 Å². The minimum absolute atomic E-state index is 0. The van der Waals surface area contributed by atoms with Gasteiger partial charge in [-0.25, -0.2) is 0 Å². The Hall–Kier alpha value is -0.730. The molecule has 2 N–H and O–H groups in total. The second-order valence-electron chi connectivity index (χ2n) is 3.53. The molecule has 0 unspecified atom stereocenters. The lowest BCUT2D eigenvalue weighted by Crippen LogP contribution is -1.90. The topological polar surface area (TPSA) is 26.0 Å². The first kappa shape index (κ1) is 11.3. The average molecular weight is 228 g/mol. The Balaban J connectivity index is 0.000000980. The van der Waals surface area contributed by atoms with Crippen molar-refractivity contribution in [3.05, 3.63) is 29.8 Å². The zero-order valence-corrected chi connectivity index (χ0v) is 9.91. The molecule has 0 fully saturated rings. The molecule has 1 aromatic carbocycles. The van der Waals surface area contributed by atoms with Gasteiger partial charge in [-0.15, -0.1) is 23.7 Å². The van der Waals surface area contributed by atoms with Crippen LogP contribution >= 0.6 is 23.7 Å². The zero-order chi connectivity index (χ0) is 9.42. The SMILES string of the molecule is CC(C)c1c(N)sc2ccccc12.Cl. The first-order chi connectivity index (χ1) is 6.20. The molecular formula is C11H14ClNS. The van der Waals surface area contributed by atoms with Crippen LogP contribution in [0.5, 0.6) is 0 Å². The summed E-state index contributed by atoms with van der Waals surface area (Å²) in [7, 11) is 0. The summed E-state index contributed by atoms with van der Waals surface area (Å²) >= 11 is 1.68. The van der Waals surface area contributed by atoms with E-state index in [-0.39, 0.29) is 12.4 Å². The van der Waals surface area contributed by atoms with Gasteiger partial charge in [0.05, 0.1) is 5.00 Å². The van der Waals surface area contributed by atoms with Gasteiger partial charge in [-0.3, -0.25) is 0 Å². The van der Waals surface area contributed by atoms with Crippen molar-refractivity contribution in [3.8, 4) is 0 Å². The third-order valence-electron chi connectivity index (χ3n) is 2.24. The maximum atomic E-state index is 5.97. The molecule has 0 amide bonds. The van der Waals surface area contributed by atoms with Crippen molar-refractivity contribution in [1.82, 2.24) is 0 Å². The van der Waals surface area contributed by atoms with Gasteiger partial charge in [0.1, 0.15) is 0 Å². The maximum absolute atomic E-state index is 5.97. The Morgan fingerprint density at radius 1 is 1.21 bits per heavy atom. The number of hydrogen-bond donors (Lipinski definition) is 1. The summed E-state index contributed by atoms with van der Waals surface area (Å²) in [5.41, 5.74) is 7.28. The molecule has 0 aliphatic heterocycles. The maximum Gasteiger partial charge on any atom is 0.0904 e. The van der Waals surface area contributed by atoms with Gasteiger partial charge in [-0.05, 0) is 22.9 Å². The lowest BCUT2D eigenvalue weighted by atomic mass is 10.0. The van der Waals surface area contributed by atoms with Crippen molar-refractivity contribution in [3.63, 3.8) is 0 Å². The summed E-state index contributed by atoms with van der Waals surface area (Å²) in [5, 5.41) is 2.29. The smallest absolute Gasteiger partial charge is 0.0904 e. The number of halogens is 1. The summed E-state index contributed by atoms with van der Waals surface area (Å²) in [6, 6.07) is 8.41. The second kappa shape index (κ2) is 4.20. The highest BCUT2D eigenvalue weighted by molar-refractivity contribution is 7.22. The molecule has 2 aromatic rings. The predicted molar refractivity (Wildman–Crippen MR) is 67.6 cm³/mol. The Morgan fingerprint density at radius 2 is 1.86 bits per heavy atom. The molecule has 0 atom stereocenters. The van der Waals surface area contributed by atoms with E-state index in [0.29, 0.717) is 5.92 Å². The fraction of sp³-hybridized carbons (Fsp3) is 0.273. The van der Waals surface area contributed by atoms with Crippen molar-refractivity contribution in [2.45, 2.75) is 19.8 Å². The molecule has 1 nitrogen and oxygen atoms in total. The molecule has 0 saturated carbocycles. The molecule has 3 heteroatoms. The minimum Gasteiger partial charge on any atom is -0.390 e. The Labute approximate surface area is 94.3 Å². The van der Waals surface area contributed by atoms with E-state index in [1.807, 2.05) is 0 Å². The first-order valence-corrected chi connectivity index (χ1v) is 5.28. The van der Waals surface area contributed by atoms with Gasteiger partial charge in [0.2, 0.25) is 0 Å². The van der Waals surface area contributed by atoms with Gasteiger partial charge in [0, 0.05) is 4.70 Å². The number of rotatable bonds is 1. The van der Waals surface area contributed by atoms with Crippen molar-refractivity contribution in [2.75, 3.05) is 5.73 Å². The van der Waals surface area contributed by atoms with Crippen LogP contribution in [0.3, 0.4) is 0 Å². The molecule has 0 saturated heterocycles. The third kappa shape index (κ3) is 1.72. The highest BCUT2D eigenvalue weighted by Crippen LogP contribution is 2.37. The van der Waals surface area contributed by atoms with E-state index in [1.54, 1.807) is 11.3 Å². The Morgan fingerprint density at radius 3 is 2.50 bits per heavy atom. The van der Waals surface area contributed by atoms with E-state index in [9.17, 15) is 0 Å². The number of hydrogen-bond acceptors (Lipinski definition) is 2. The summed E-state index contributed by atoms with van der Waals surface area (Å²) in [4.78, 5) is 0. The van der Waals surface area contributed by atoms with E-state index in [1.165, 1.54) is 15.6 Å². The van der Waals surface area contributed by atoms with Crippen molar-refractivity contribution in [2.24, 2.45) is 0 Å². The van der Waals surface area contributed by atoms with Crippen LogP contribution < -0.4 is 5.73 Å². The lowest BCUT2D eigenvalue weighted by Gasteiger charge is -2.03. The molecule has 0 radical (unpaired) electrons. The van der Waals surface area contributed by atoms with Crippen LogP contribution in [-0.2, 0) is 0 Å². The number of anilines is 1.